The Bertz CT molecular complexity index is 473. The fourth-order valence-electron chi connectivity index (χ4n) is 2.75. The highest BCUT2D eigenvalue weighted by Crippen LogP contribution is 2.28. The third-order valence-corrected chi connectivity index (χ3v) is 5.17. The second kappa shape index (κ2) is 8.32. The molecule has 2 rings (SSSR count). The van der Waals surface area contributed by atoms with Crippen LogP contribution < -0.4 is 10.6 Å². The third-order valence-electron chi connectivity index (χ3n) is 4.07. The number of aliphatic imine (C=N–C) groups is 1. The van der Waals surface area contributed by atoms with Crippen LogP contribution in [0, 0.1) is 6.92 Å². The molecular weight excluding hydrogens is 278 g/mol. The first-order valence-corrected chi connectivity index (χ1v) is 9.13. The van der Waals surface area contributed by atoms with Crippen LogP contribution >= 0.6 is 11.8 Å². The smallest absolute Gasteiger partial charge is 0.191 e. The highest BCUT2D eigenvalue weighted by Gasteiger charge is 2.24. The van der Waals surface area contributed by atoms with Gasteiger partial charge in [-0.05, 0) is 50.5 Å². The molecule has 1 aliphatic rings. The Labute approximate surface area is 133 Å². The number of thioether (sulfide) groups is 1. The summed E-state index contributed by atoms with van der Waals surface area (Å²) in [6.07, 6.45) is 6.02. The number of hydrogen-bond donors (Lipinski definition) is 2. The van der Waals surface area contributed by atoms with E-state index in [2.05, 4.69) is 55.0 Å². The maximum absolute atomic E-state index is 4.75. The lowest BCUT2D eigenvalue weighted by atomic mass is 10.1. The fraction of sp³-hybridized carbons (Fsp3) is 0.588. The maximum atomic E-state index is 4.75. The molecule has 1 saturated carbocycles. The van der Waals surface area contributed by atoms with E-state index in [4.69, 9.17) is 4.99 Å². The lowest BCUT2D eigenvalue weighted by molar-refractivity contribution is 0.615. The number of aryl methyl sites for hydroxylation is 1. The summed E-state index contributed by atoms with van der Waals surface area (Å²) >= 11 is 1.99. The quantitative estimate of drug-likeness (QED) is 0.647. The summed E-state index contributed by atoms with van der Waals surface area (Å²) in [6, 6.07) is 9.02. The predicted octanol–water partition coefficient (Wildman–Crippen LogP) is 3.33. The number of hydrogen-bond acceptors (Lipinski definition) is 2. The predicted molar refractivity (Wildman–Crippen MR) is 94.1 cm³/mol. The zero-order valence-corrected chi connectivity index (χ0v) is 14.2. The summed E-state index contributed by atoms with van der Waals surface area (Å²) < 4.78 is 0. The van der Waals surface area contributed by atoms with Crippen LogP contribution in [-0.2, 0) is 6.54 Å². The molecule has 4 heteroatoms. The van der Waals surface area contributed by atoms with Crippen LogP contribution in [0.25, 0.3) is 0 Å². The molecule has 1 aromatic carbocycles. The maximum Gasteiger partial charge on any atom is 0.191 e. The summed E-state index contributed by atoms with van der Waals surface area (Å²) in [4.78, 5) is 4.75. The summed E-state index contributed by atoms with van der Waals surface area (Å²) in [5.74, 6) is 0.951. The van der Waals surface area contributed by atoms with Gasteiger partial charge >= 0.3 is 0 Å². The van der Waals surface area contributed by atoms with Crippen molar-refractivity contribution in [3.8, 4) is 0 Å². The Kier molecular flexibility index (Phi) is 6.43. The summed E-state index contributed by atoms with van der Waals surface area (Å²) in [5.41, 5.74) is 2.60. The first-order valence-electron chi connectivity index (χ1n) is 7.85. The van der Waals surface area contributed by atoms with Gasteiger partial charge in [0.1, 0.15) is 0 Å². The van der Waals surface area contributed by atoms with Gasteiger partial charge in [0, 0.05) is 17.8 Å². The topological polar surface area (TPSA) is 36.4 Å². The molecule has 0 spiro atoms. The van der Waals surface area contributed by atoms with Crippen LogP contribution in [0.1, 0.15) is 37.3 Å². The Hall–Kier alpha value is -1.16. The van der Waals surface area contributed by atoms with Crippen molar-refractivity contribution >= 4 is 17.7 Å². The van der Waals surface area contributed by atoms with Crippen LogP contribution in [0.3, 0.4) is 0 Å². The minimum Gasteiger partial charge on any atom is -0.357 e. The summed E-state index contributed by atoms with van der Waals surface area (Å²) in [7, 11) is 0. The van der Waals surface area contributed by atoms with E-state index in [0.717, 1.165) is 24.3 Å². The van der Waals surface area contributed by atoms with E-state index in [1.54, 1.807) is 0 Å². The number of guanidine groups is 1. The average molecular weight is 305 g/mol. The van der Waals surface area contributed by atoms with E-state index in [1.807, 2.05) is 11.8 Å². The van der Waals surface area contributed by atoms with Crippen LogP contribution in [0.15, 0.2) is 29.3 Å². The second-order valence-corrected chi connectivity index (χ2v) is 6.77. The Morgan fingerprint density at radius 3 is 2.81 bits per heavy atom. The Morgan fingerprint density at radius 1 is 1.33 bits per heavy atom. The van der Waals surface area contributed by atoms with Crippen LogP contribution in [-0.4, -0.2) is 30.1 Å². The standard InChI is InChI=1S/C17H27N3S/c1-4-18-17(20-15-9-10-16(11-15)21-3)19-12-14-8-6-5-7-13(14)2/h5-8,15-16H,4,9-12H2,1-3H3,(H2,18,19,20). The van der Waals surface area contributed by atoms with Gasteiger partial charge in [0.15, 0.2) is 5.96 Å². The van der Waals surface area contributed by atoms with Crippen molar-refractivity contribution in [3.05, 3.63) is 35.4 Å². The zero-order valence-electron chi connectivity index (χ0n) is 13.4. The number of nitrogens with one attached hydrogen (secondary N) is 2. The normalized spacial score (nSPS) is 22.3. The lowest BCUT2D eigenvalue weighted by Gasteiger charge is -2.17. The van der Waals surface area contributed by atoms with Crippen LogP contribution in [0.2, 0.25) is 0 Å². The van der Waals surface area contributed by atoms with Crippen molar-refractivity contribution in [2.75, 3.05) is 12.8 Å². The van der Waals surface area contributed by atoms with Gasteiger partial charge in [-0.3, -0.25) is 0 Å². The van der Waals surface area contributed by atoms with E-state index >= 15 is 0 Å². The second-order valence-electron chi connectivity index (χ2n) is 5.63. The van der Waals surface area contributed by atoms with Gasteiger partial charge in [0.2, 0.25) is 0 Å². The van der Waals surface area contributed by atoms with E-state index in [0.29, 0.717) is 6.04 Å². The molecule has 21 heavy (non-hydrogen) atoms. The molecule has 0 saturated heterocycles. The SMILES string of the molecule is CCNC(=NCc1ccccc1C)NC1CCC(SC)C1. The molecule has 1 aliphatic carbocycles. The molecule has 3 nitrogen and oxygen atoms in total. The van der Waals surface area contributed by atoms with E-state index < -0.39 is 0 Å². The summed E-state index contributed by atoms with van der Waals surface area (Å²) in [5, 5.41) is 7.77. The summed E-state index contributed by atoms with van der Waals surface area (Å²) in [6.45, 7) is 5.90. The lowest BCUT2D eigenvalue weighted by Crippen LogP contribution is -2.42. The fourth-order valence-corrected chi connectivity index (χ4v) is 3.55. The number of benzene rings is 1. The number of rotatable bonds is 5. The molecule has 0 bridgehead atoms. The van der Waals surface area contributed by atoms with Gasteiger partial charge in [-0.15, -0.1) is 0 Å². The largest absolute Gasteiger partial charge is 0.357 e. The molecule has 1 fully saturated rings. The zero-order chi connectivity index (χ0) is 15.1. The number of nitrogens with zero attached hydrogens (tertiary/aromatic N) is 1. The molecule has 0 radical (unpaired) electrons. The van der Waals surface area contributed by atoms with Gasteiger partial charge in [0.05, 0.1) is 6.54 Å². The van der Waals surface area contributed by atoms with Crippen molar-refractivity contribution < 1.29 is 0 Å². The van der Waals surface area contributed by atoms with Crippen molar-refractivity contribution in [2.24, 2.45) is 4.99 Å². The van der Waals surface area contributed by atoms with Crippen molar-refractivity contribution in [1.29, 1.82) is 0 Å². The van der Waals surface area contributed by atoms with Crippen molar-refractivity contribution in [2.45, 2.75) is 50.9 Å². The Morgan fingerprint density at radius 2 is 2.14 bits per heavy atom. The van der Waals surface area contributed by atoms with Crippen LogP contribution in [0.4, 0.5) is 0 Å². The minimum absolute atomic E-state index is 0.567. The molecule has 2 unspecified atom stereocenters. The van der Waals surface area contributed by atoms with Gasteiger partial charge in [-0.2, -0.15) is 11.8 Å². The van der Waals surface area contributed by atoms with Crippen molar-refractivity contribution in [3.63, 3.8) is 0 Å². The van der Waals surface area contributed by atoms with Gasteiger partial charge in [0.25, 0.3) is 0 Å². The molecule has 116 valence electrons. The molecule has 0 aliphatic heterocycles. The highest BCUT2D eigenvalue weighted by molar-refractivity contribution is 7.99. The van der Waals surface area contributed by atoms with E-state index in [9.17, 15) is 0 Å². The average Bonchev–Trinajstić information content (AvgIpc) is 2.94. The molecular formula is C17H27N3S. The molecule has 2 atom stereocenters. The minimum atomic E-state index is 0.567. The van der Waals surface area contributed by atoms with Crippen LogP contribution in [0.5, 0.6) is 0 Å². The first-order chi connectivity index (χ1) is 10.2. The van der Waals surface area contributed by atoms with E-state index in [1.165, 1.54) is 30.4 Å². The van der Waals surface area contributed by atoms with Gasteiger partial charge in [-0.25, -0.2) is 4.99 Å². The molecule has 0 aromatic heterocycles. The van der Waals surface area contributed by atoms with E-state index in [-0.39, 0.29) is 0 Å². The first kappa shape index (κ1) is 16.2. The van der Waals surface area contributed by atoms with Gasteiger partial charge in [-0.1, -0.05) is 24.3 Å². The van der Waals surface area contributed by atoms with Crippen molar-refractivity contribution in [1.82, 2.24) is 10.6 Å². The highest BCUT2D eigenvalue weighted by atomic mass is 32.2. The molecule has 0 heterocycles. The Balaban J connectivity index is 1.95. The monoisotopic (exact) mass is 305 g/mol. The molecule has 0 amide bonds. The molecule has 1 aromatic rings. The molecule has 2 N–H and O–H groups in total. The third kappa shape index (κ3) is 4.95. The van der Waals surface area contributed by atoms with Gasteiger partial charge < -0.3 is 10.6 Å².